The first-order chi connectivity index (χ1) is 13.2. The van der Waals surface area contributed by atoms with Crippen molar-refractivity contribution in [1.82, 2.24) is 25.5 Å². The van der Waals surface area contributed by atoms with E-state index in [1.165, 1.54) is 17.4 Å². The molecule has 1 aliphatic rings. The van der Waals surface area contributed by atoms with Gasteiger partial charge in [-0.15, -0.1) is 5.10 Å². The molecule has 0 spiro atoms. The van der Waals surface area contributed by atoms with Gasteiger partial charge in [0.1, 0.15) is 0 Å². The number of ether oxygens (including phenoxy) is 1. The molecular weight excluding hydrogens is 364 g/mol. The Morgan fingerprint density at radius 2 is 2.26 bits per heavy atom. The molecule has 3 rings (SSSR count). The molecule has 2 heterocycles. The summed E-state index contributed by atoms with van der Waals surface area (Å²) < 4.78 is 7.34. The molecule has 27 heavy (non-hydrogen) atoms. The fraction of sp³-hybridized carbons (Fsp3) is 0.556. The van der Waals surface area contributed by atoms with Crippen LogP contribution >= 0.6 is 11.8 Å². The minimum absolute atomic E-state index is 0.00553. The van der Waals surface area contributed by atoms with E-state index >= 15 is 0 Å². The van der Waals surface area contributed by atoms with Crippen LogP contribution in [-0.4, -0.2) is 64.7 Å². The van der Waals surface area contributed by atoms with Crippen LogP contribution < -0.4 is 10.2 Å². The van der Waals surface area contributed by atoms with Gasteiger partial charge in [0.2, 0.25) is 11.1 Å². The third kappa shape index (κ3) is 6.21. The molecule has 0 unspecified atom stereocenters. The Hall–Kier alpha value is -2.13. The fourth-order valence-corrected chi connectivity index (χ4v) is 3.65. The highest BCUT2D eigenvalue weighted by molar-refractivity contribution is 7.99. The van der Waals surface area contributed by atoms with Crippen molar-refractivity contribution in [2.24, 2.45) is 0 Å². The smallest absolute Gasteiger partial charge is 0.230 e. The van der Waals surface area contributed by atoms with Crippen LogP contribution in [0.2, 0.25) is 0 Å². The Balaban J connectivity index is 1.32. The predicted octanol–water partition coefficient (Wildman–Crippen LogP) is 1.59. The number of thioether (sulfide) groups is 1. The van der Waals surface area contributed by atoms with Crippen LogP contribution in [0.15, 0.2) is 35.5 Å². The van der Waals surface area contributed by atoms with Gasteiger partial charge < -0.3 is 15.0 Å². The maximum absolute atomic E-state index is 12.1. The first-order valence-electron chi connectivity index (χ1n) is 9.26. The van der Waals surface area contributed by atoms with Crippen molar-refractivity contribution in [3.05, 3.63) is 30.3 Å². The Morgan fingerprint density at radius 3 is 3.04 bits per heavy atom. The number of hydrogen-bond acceptors (Lipinski definition) is 7. The zero-order chi connectivity index (χ0) is 18.9. The number of carbonyl (C=O) groups excluding carboxylic acids is 1. The number of carbonyl (C=O) groups is 1. The van der Waals surface area contributed by atoms with Gasteiger partial charge in [0, 0.05) is 32.4 Å². The molecule has 1 amide bonds. The largest absolute Gasteiger partial charge is 0.376 e. The molecule has 146 valence electrons. The number of nitrogens with zero attached hydrogens (tertiary/aromatic N) is 5. The third-order valence-electron chi connectivity index (χ3n) is 4.42. The van der Waals surface area contributed by atoms with Crippen molar-refractivity contribution in [2.75, 3.05) is 37.4 Å². The Labute approximate surface area is 163 Å². The minimum Gasteiger partial charge on any atom is -0.376 e. The van der Waals surface area contributed by atoms with Crippen LogP contribution in [-0.2, 0) is 16.1 Å². The van der Waals surface area contributed by atoms with Crippen LogP contribution in [0.5, 0.6) is 0 Å². The van der Waals surface area contributed by atoms with E-state index in [2.05, 4.69) is 44.9 Å². The predicted molar refractivity (Wildman–Crippen MR) is 105 cm³/mol. The van der Waals surface area contributed by atoms with Gasteiger partial charge in [0.15, 0.2) is 0 Å². The zero-order valence-electron chi connectivity index (χ0n) is 15.6. The highest BCUT2D eigenvalue weighted by atomic mass is 32.2. The molecule has 1 N–H and O–H groups in total. The molecule has 9 heteroatoms. The molecule has 1 atom stereocenters. The Morgan fingerprint density at radius 1 is 1.41 bits per heavy atom. The van der Waals surface area contributed by atoms with Gasteiger partial charge in [-0.3, -0.25) is 4.79 Å². The number of anilines is 1. The summed E-state index contributed by atoms with van der Waals surface area (Å²) >= 11 is 1.36. The second-order valence-corrected chi connectivity index (χ2v) is 7.47. The number of para-hydroxylation sites is 1. The van der Waals surface area contributed by atoms with Gasteiger partial charge in [0.05, 0.1) is 18.4 Å². The van der Waals surface area contributed by atoms with Crippen molar-refractivity contribution in [2.45, 2.75) is 37.1 Å². The zero-order valence-corrected chi connectivity index (χ0v) is 16.4. The molecule has 2 aromatic rings. The summed E-state index contributed by atoms with van der Waals surface area (Å²) in [5.41, 5.74) is 1.18. The normalized spacial score (nSPS) is 16.4. The van der Waals surface area contributed by atoms with E-state index in [4.69, 9.17) is 4.74 Å². The van der Waals surface area contributed by atoms with E-state index in [-0.39, 0.29) is 12.0 Å². The van der Waals surface area contributed by atoms with Gasteiger partial charge >= 0.3 is 0 Å². The molecule has 1 aromatic carbocycles. The molecule has 1 aliphatic heterocycles. The van der Waals surface area contributed by atoms with E-state index < -0.39 is 0 Å². The maximum atomic E-state index is 12.1. The number of tetrazole rings is 1. The molecule has 1 saturated heterocycles. The van der Waals surface area contributed by atoms with E-state index in [0.717, 1.165) is 32.4 Å². The summed E-state index contributed by atoms with van der Waals surface area (Å²) in [7, 11) is 2.06. The van der Waals surface area contributed by atoms with Crippen LogP contribution in [0.4, 0.5) is 5.69 Å². The average molecular weight is 391 g/mol. The molecule has 8 nitrogen and oxygen atoms in total. The van der Waals surface area contributed by atoms with Gasteiger partial charge in [-0.2, -0.15) is 0 Å². The van der Waals surface area contributed by atoms with E-state index in [1.54, 1.807) is 4.68 Å². The number of benzene rings is 1. The van der Waals surface area contributed by atoms with Crippen LogP contribution in [0.1, 0.15) is 19.3 Å². The van der Waals surface area contributed by atoms with Gasteiger partial charge in [0.25, 0.3) is 0 Å². The summed E-state index contributed by atoms with van der Waals surface area (Å²) in [6, 6.07) is 10.2. The summed E-state index contributed by atoms with van der Waals surface area (Å²) in [4.78, 5) is 14.2. The molecule has 1 fully saturated rings. The third-order valence-corrected chi connectivity index (χ3v) is 5.38. The molecule has 0 radical (unpaired) electrons. The van der Waals surface area contributed by atoms with Crippen LogP contribution in [0.3, 0.4) is 0 Å². The Bertz CT molecular complexity index is 705. The van der Waals surface area contributed by atoms with Gasteiger partial charge in [-0.05, 0) is 41.8 Å². The number of aromatic nitrogens is 4. The van der Waals surface area contributed by atoms with E-state index in [0.29, 0.717) is 24.0 Å². The van der Waals surface area contributed by atoms with Crippen molar-refractivity contribution in [3.8, 4) is 0 Å². The lowest BCUT2D eigenvalue weighted by Gasteiger charge is -2.19. The molecular formula is C18H26N6O2S. The van der Waals surface area contributed by atoms with Crippen molar-refractivity contribution >= 4 is 23.4 Å². The fourth-order valence-electron chi connectivity index (χ4n) is 2.93. The van der Waals surface area contributed by atoms with E-state index in [1.807, 2.05) is 18.2 Å². The van der Waals surface area contributed by atoms with Crippen LogP contribution in [0.25, 0.3) is 0 Å². The van der Waals surface area contributed by atoms with Crippen LogP contribution in [0, 0.1) is 0 Å². The number of amides is 1. The number of rotatable bonds is 10. The molecule has 0 saturated carbocycles. The first kappa shape index (κ1) is 19.6. The topological polar surface area (TPSA) is 85.2 Å². The highest BCUT2D eigenvalue weighted by Gasteiger charge is 2.19. The van der Waals surface area contributed by atoms with Crippen molar-refractivity contribution in [3.63, 3.8) is 0 Å². The lowest BCUT2D eigenvalue weighted by Crippen LogP contribution is -2.29. The standard InChI is InChI=1S/C18H26N6O2S/c1-23(15-7-3-2-4-8-15)11-6-10-19-17(25)14-27-18-20-21-22-24(18)13-16-9-5-12-26-16/h2-4,7-8,16H,5-6,9-14H2,1H3,(H,19,25)/t16-/m1/s1. The molecule has 0 aliphatic carbocycles. The molecule has 0 bridgehead atoms. The van der Waals surface area contributed by atoms with E-state index in [9.17, 15) is 4.79 Å². The number of nitrogens with one attached hydrogen (secondary N) is 1. The SMILES string of the molecule is CN(CCCNC(=O)CSc1nnnn1C[C@H]1CCCO1)c1ccccc1. The van der Waals surface area contributed by atoms with Crippen molar-refractivity contribution in [1.29, 1.82) is 0 Å². The summed E-state index contributed by atoms with van der Waals surface area (Å²) in [6.07, 6.45) is 3.17. The van der Waals surface area contributed by atoms with Gasteiger partial charge in [-0.25, -0.2) is 4.68 Å². The second kappa shape index (κ2) is 10.3. The lowest BCUT2D eigenvalue weighted by atomic mass is 10.2. The quantitative estimate of drug-likeness (QED) is 0.487. The monoisotopic (exact) mass is 390 g/mol. The van der Waals surface area contributed by atoms with Gasteiger partial charge in [-0.1, -0.05) is 30.0 Å². The summed E-state index contributed by atoms with van der Waals surface area (Å²) in [5, 5.41) is 15.3. The minimum atomic E-state index is -0.00553. The average Bonchev–Trinajstić information content (AvgIpc) is 3.36. The first-order valence-corrected chi connectivity index (χ1v) is 10.2. The highest BCUT2D eigenvalue weighted by Crippen LogP contribution is 2.18. The summed E-state index contributed by atoms with van der Waals surface area (Å²) in [6.45, 7) is 2.98. The maximum Gasteiger partial charge on any atom is 0.230 e. The van der Waals surface area contributed by atoms with Crippen molar-refractivity contribution < 1.29 is 9.53 Å². The molecule has 1 aromatic heterocycles. The second-order valence-electron chi connectivity index (χ2n) is 6.53. The lowest BCUT2D eigenvalue weighted by molar-refractivity contribution is -0.118. The number of hydrogen-bond donors (Lipinski definition) is 1. The summed E-state index contributed by atoms with van der Waals surface area (Å²) in [5.74, 6) is 0.300. The Kier molecular flexibility index (Phi) is 7.46.